The number of hydrogen-bond donors (Lipinski definition) is 0. The van der Waals surface area contributed by atoms with Crippen molar-refractivity contribution in [3.05, 3.63) is 47.1 Å². The molecular formula is C14H10ClF3N2O. The van der Waals surface area contributed by atoms with Gasteiger partial charge in [-0.3, -0.25) is 0 Å². The van der Waals surface area contributed by atoms with Crippen LogP contribution in [0.4, 0.5) is 13.2 Å². The fourth-order valence-electron chi connectivity index (χ4n) is 1.87. The Morgan fingerprint density at radius 2 is 2.05 bits per heavy atom. The lowest BCUT2D eigenvalue weighted by atomic mass is 10.0. The molecule has 3 nitrogen and oxygen atoms in total. The van der Waals surface area contributed by atoms with Gasteiger partial charge in [0.05, 0.1) is 17.8 Å². The third-order valence-corrected chi connectivity index (χ3v) is 3.12. The van der Waals surface area contributed by atoms with Crippen molar-refractivity contribution in [2.24, 2.45) is 0 Å². The standard InChI is InChI=1S/C14H10ClF3N2O/c1-3-7-12(19-6-20-13(7)14(17)18)8-4-11(21-2)9(15)5-10(8)16/h3-6,14H,1H2,2H3. The Bertz CT molecular complexity index is 692. The molecule has 0 bridgehead atoms. The summed E-state index contributed by atoms with van der Waals surface area (Å²) in [5.41, 5.74) is -0.558. The first-order valence-corrected chi connectivity index (χ1v) is 6.16. The van der Waals surface area contributed by atoms with Crippen molar-refractivity contribution in [2.45, 2.75) is 6.43 Å². The highest BCUT2D eigenvalue weighted by Gasteiger charge is 2.20. The summed E-state index contributed by atoms with van der Waals surface area (Å²) in [5, 5.41) is 0.0713. The molecule has 0 radical (unpaired) electrons. The number of rotatable bonds is 4. The van der Waals surface area contributed by atoms with Crippen LogP contribution in [0, 0.1) is 5.82 Å². The predicted octanol–water partition coefficient (Wildman–Crippen LogP) is 4.53. The molecule has 0 spiro atoms. The fraction of sp³-hybridized carbons (Fsp3) is 0.143. The lowest BCUT2D eigenvalue weighted by molar-refractivity contribution is 0.145. The summed E-state index contributed by atoms with van der Waals surface area (Å²) in [6.45, 7) is 3.46. The molecular weight excluding hydrogens is 305 g/mol. The number of ether oxygens (including phenoxy) is 1. The normalized spacial score (nSPS) is 10.8. The fourth-order valence-corrected chi connectivity index (χ4v) is 2.09. The molecule has 1 heterocycles. The summed E-state index contributed by atoms with van der Waals surface area (Å²) in [6.07, 6.45) is -0.709. The molecule has 0 atom stereocenters. The molecule has 0 fully saturated rings. The Kier molecular flexibility index (Phi) is 4.47. The summed E-state index contributed by atoms with van der Waals surface area (Å²) in [5.74, 6) is -0.497. The number of alkyl halides is 2. The average molecular weight is 315 g/mol. The topological polar surface area (TPSA) is 35.0 Å². The Morgan fingerprint density at radius 3 is 2.62 bits per heavy atom. The van der Waals surface area contributed by atoms with E-state index < -0.39 is 17.9 Å². The molecule has 2 rings (SSSR count). The molecule has 21 heavy (non-hydrogen) atoms. The van der Waals surface area contributed by atoms with Crippen LogP contribution in [0.25, 0.3) is 17.3 Å². The molecule has 0 aliphatic carbocycles. The van der Waals surface area contributed by atoms with E-state index in [1.807, 2.05) is 0 Å². The number of nitrogens with zero attached hydrogens (tertiary/aromatic N) is 2. The first-order valence-electron chi connectivity index (χ1n) is 5.78. The molecule has 110 valence electrons. The first kappa shape index (κ1) is 15.3. The molecule has 0 amide bonds. The third kappa shape index (κ3) is 2.85. The highest BCUT2D eigenvalue weighted by molar-refractivity contribution is 6.32. The molecule has 0 aliphatic heterocycles. The molecule has 0 N–H and O–H groups in total. The minimum atomic E-state index is -2.82. The maximum atomic E-state index is 14.1. The summed E-state index contributed by atoms with van der Waals surface area (Å²) in [7, 11) is 1.36. The molecule has 1 aromatic heterocycles. The largest absolute Gasteiger partial charge is 0.495 e. The maximum absolute atomic E-state index is 14.1. The van der Waals surface area contributed by atoms with Gasteiger partial charge in [0.1, 0.15) is 23.6 Å². The van der Waals surface area contributed by atoms with Gasteiger partial charge in [-0.15, -0.1) is 0 Å². The number of aromatic nitrogens is 2. The number of hydrogen-bond acceptors (Lipinski definition) is 3. The van der Waals surface area contributed by atoms with Crippen molar-refractivity contribution in [3.63, 3.8) is 0 Å². The van der Waals surface area contributed by atoms with Gasteiger partial charge in [-0.25, -0.2) is 23.1 Å². The van der Waals surface area contributed by atoms with Gasteiger partial charge < -0.3 is 4.74 Å². The van der Waals surface area contributed by atoms with E-state index in [9.17, 15) is 13.2 Å². The van der Waals surface area contributed by atoms with E-state index in [4.69, 9.17) is 16.3 Å². The summed E-state index contributed by atoms with van der Waals surface area (Å²) in [4.78, 5) is 7.39. The second-order valence-electron chi connectivity index (χ2n) is 3.99. The molecule has 7 heteroatoms. The number of halogens is 4. The van der Waals surface area contributed by atoms with E-state index in [1.54, 1.807) is 0 Å². The monoisotopic (exact) mass is 314 g/mol. The third-order valence-electron chi connectivity index (χ3n) is 2.82. The Morgan fingerprint density at radius 1 is 1.33 bits per heavy atom. The van der Waals surface area contributed by atoms with Crippen LogP contribution in [0.15, 0.2) is 25.0 Å². The second-order valence-corrected chi connectivity index (χ2v) is 4.40. The van der Waals surface area contributed by atoms with Crippen molar-refractivity contribution in [3.8, 4) is 17.0 Å². The van der Waals surface area contributed by atoms with Crippen molar-refractivity contribution in [1.82, 2.24) is 9.97 Å². The minimum absolute atomic E-state index is 0.00256. The minimum Gasteiger partial charge on any atom is -0.495 e. The van der Waals surface area contributed by atoms with E-state index >= 15 is 0 Å². The zero-order chi connectivity index (χ0) is 15.6. The SMILES string of the molecule is C=Cc1c(-c2cc(OC)c(Cl)cc2F)ncnc1C(F)F. The van der Waals surface area contributed by atoms with Crippen LogP contribution in [0.1, 0.15) is 17.7 Å². The van der Waals surface area contributed by atoms with Gasteiger partial charge in [-0.2, -0.15) is 0 Å². The molecule has 0 saturated heterocycles. The van der Waals surface area contributed by atoms with Crippen LogP contribution in [0.2, 0.25) is 5.02 Å². The lowest BCUT2D eigenvalue weighted by Gasteiger charge is -2.12. The zero-order valence-electron chi connectivity index (χ0n) is 10.9. The van der Waals surface area contributed by atoms with Crippen molar-refractivity contribution in [1.29, 1.82) is 0 Å². The van der Waals surface area contributed by atoms with Gasteiger partial charge in [-0.1, -0.05) is 24.3 Å². The highest BCUT2D eigenvalue weighted by Crippen LogP contribution is 2.35. The van der Waals surface area contributed by atoms with E-state index in [2.05, 4.69) is 16.5 Å². The number of benzene rings is 1. The summed E-state index contributed by atoms with van der Waals surface area (Å²) in [6, 6.07) is 2.33. The average Bonchev–Trinajstić information content (AvgIpc) is 2.46. The van der Waals surface area contributed by atoms with Crippen LogP contribution in [-0.2, 0) is 0 Å². The van der Waals surface area contributed by atoms with Gasteiger partial charge >= 0.3 is 0 Å². The van der Waals surface area contributed by atoms with Crippen LogP contribution in [-0.4, -0.2) is 17.1 Å². The van der Waals surface area contributed by atoms with Crippen LogP contribution < -0.4 is 4.74 Å². The second kappa shape index (κ2) is 6.13. The zero-order valence-corrected chi connectivity index (χ0v) is 11.7. The summed E-state index contributed by atoms with van der Waals surface area (Å²) >= 11 is 5.81. The smallest absolute Gasteiger partial charge is 0.281 e. The van der Waals surface area contributed by atoms with Gasteiger partial charge in [0.15, 0.2) is 0 Å². The van der Waals surface area contributed by atoms with E-state index in [-0.39, 0.29) is 27.6 Å². The molecule has 0 saturated carbocycles. The predicted molar refractivity (Wildman–Crippen MR) is 74.0 cm³/mol. The van der Waals surface area contributed by atoms with Crippen LogP contribution >= 0.6 is 11.6 Å². The van der Waals surface area contributed by atoms with Crippen LogP contribution in [0.5, 0.6) is 5.75 Å². The van der Waals surface area contributed by atoms with Crippen molar-refractivity contribution >= 4 is 17.7 Å². The van der Waals surface area contributed by atoms with E-state index in [0.717, 1.165) is 18.5 Å². The molecule has 0 unspecified atom stereocenters. The quantitative estimate of drug-likeness (QED) is 0.832. The van der Waals surface area contributed by atoms with E-state index in [1.165, 1.54) is 13.2 Å². The molecule has 0 aliphatic rings. The lowest BCUT2D eigenvalue weighted by Crippen LogP contribution is -2.01. The Balaban J connectivity index is 2.73. The summed E-state index contributed by atoms with van der Waals surface area (Å²) < 4.78 is 45.0. The first-order chi connectivity index (χ1) is 9.99. The van der Waals surface area contributed by atoms with Gasteiger partial charge in [0.2, 0.25) is 0 Å². The van der Waals surface area contributed by atoms with Crippen LogP contribution in [0.3, 0.4) is 0 Å². The Labute approximate surface area is 124 Å². The van der Waals surface area contributed by atoms with Crippen molar-refractivity contribution < 1.29 is 17.9 Å². The molecule has 2 aromatic rings. The Hall–Kier alpha value is -2.08. The van der Waals surface area contributed by atoms with Gasteiger partial charge in [-0.05, 0) is 12.1 Å². The van der Waals surface area contributed by atoms with Gasteiger partial charge in [0.25, 0.3) is 6.43 Å². The highest BCUT2D eigenvalue weighted by atomic mass is 35.5. The molecule has 1 aromatic carbocycles. The maximum Gasteiger partial charge on any atom is 0.281 e. The van der Waals surface area contributed by atoms with E-state index in [0.29, 0.717) is 0 Å². The van der Waals surface area contributed by atoms with Gasteiger partial charge in [0, 0.05) is 11.1 Å². The number of methoxy groups -OCH3 is 1. The van der Waals surface area contributed by atoms with Crippen molar-refractivity contribution in [2.75, 3.05) is 7.11 Å².